The van der Waals surface area contributed by atoms with Gasteiger partial charge >= 0.3 is 0 Å². The highest BCUT2D eigenvalue weighted by molar-refractivity contribution is 8.00. The second kappa shape index (κ2) is 11.0. The number of thioether (sulfide) groups is 1. The molecule has 1 aliphatic rings. The number of nitrogens with one attached hydrogen (secondary N) is 1. The number of aryl methyl sites for hydroxylation is 1. The van der Waals surface area contributed by atoms with E-state index >= 15 is 0 Å². The molecule has 1 fully saturated rings. The Bertz CT molecular complexity index is 562. The van der Waals surface area contributed by atoms with Crippen LogP contribution < -0.4 is 10.1 Å². The third-order valence-electron chi connectivity index (χ3n) is 3.72. The number of morpholine rings is 1. The van der Waals surface area contributed by atoms with Crippen LogP contribution in [-0.4, -0.2) is 67.7 Å². The van der Waals surface area contributed by atoms with Gasteiger partial charge in [-0.05, 0) is 31.0 Å². The summed E-state index contributed by atoms with van der Waals surface area (Å²) < 4.78 is 10.8. The zero-order valence-electron chi connectivity index (χ0n) is 14.7. The van der Waals surface area contributed by atoms with Gasteiger partial charge in [-0.2, -0.15) is 0 Å². The van der Waals surface area contributed by atoms with Crippen molar-refractivity contribution in [1.82, 2.24) is 10.2 Å². The molecule has 6 nitrogen and oxygen atoms in total. The Labute approximate surface area is 153 Å². The average molecular weight is 366 g/mol. The van der Waals surface area contributed by atoms with E-state index < -0.39 is 0 Å². The highest BCUT2D eigenvalue weighted by Crippen LogP contribution is 2.12. The smallest absolute Gasteiger partial charge is 0.232 e. The van der Waals surface area contributed by atoms with Gasteiger partial charge in [-0.3, -0.25) is 9.59 Å². The van der Waals surface area contributed by atoms with Gasteiger partial charge in [0.15, 0.2) is 0 Å². The first kappa shape index (κ1) is 19.6. The van der Waals surface area contributed by atoms with Crippen molar-refractivity contribution in [2.45, 2.75) is 13.3 Å². The van der Waals surface area contributed by atoms with Crippen LogP contribution in [0.25, 0.3) is 0 Å². The molecule has 7 heteroatoms. The van der Waals surface area contributed by atoms with Gasteiger partial charge in [-0.15, -0.1) is 11.8 Å². The van der Waals surface area contributed by atoms with Crippen molar-refractivity contribution in [3.63, 3.8) is 0 Å². The van der Waals surface area contributed by atoms with Crippen LogP contribution in [0.15, 0.2) is 24.3 Å². The summed E-state index contributed by atoms with van der Waals surface area (Å²) in [6.45, 7) is 5.64. The minimum absolute atomic E-state index is 0.0460. The van der Waals surface area contributed by atoms with Crippen LogP contribution in [0.2, 0.25) is 0 Å². The fourth-order valence-electron chi connectivity index (χ4n) is 2.38. The topological polar surface area (TPSA) is 67.9 Å². The van der Waals surface area contributed by atoms with Crippen molar-refractivity contribution < 1.29 is 19.1 Å². The van der Waals surface area contributed by atoms with Crippen LogP contribution in [0.5, 0.6) is 5.75 Å². The third-order valence-corrected chi connectivity index (χ3v) is 4.64. The molecular weight excluding hydrogens is 340 g/mol. The van der Waals surface area contributed by atoms with Crippen molar-refractivity contribution in [2.75, 3.05) is 51.0 Å². The van der Waals surface area contributed by atoms with Gasteiger partial charge in [0, 0.05) is 19.6 Å². The third kappa shape index (κ3) is 7.79. The van der Waals surface area contributed by atoms with Crippen LogP contribution in [0.1, 0.15) is 12.0 Å². The molecule has 2 rings (SSSR count). The molecule has 0 aromatic heterocycles. The molecule has 2 amide bonds. The van der Waals surface area contributed by atoms with Crippen LogP contribution in [0, 0.1) is 6.92 Å². The number of ether oxygens (including phenoxy) is 2. The lowest BCUT2D eigenvalue weighted by Crippen LogP contribution is -2.41. The Kier molecular flexibility index (Phi) is 8.62. The minimum Gasteiger partial charge on any atom is -0.494 e. The number of hydrogen-bond acceptors (Lipinski definition) is 5. The molecule has 1 heterocycles. The molecule has 0 spiro atoms. The Morgan fingerprint density at radius 2 is 2.08 bits per heavy atom. The van der Waals surface area contributed by atoms with Gasteiger partial charge in [0.2, 0.25) is 11.8 Å². The molecule has 0 radical (unpaired) electrons. The summed E-state index contributed by atoms with van der Waals surface area (Å²) in [6, 6.07) is 7.89. The van der Waals surface area contributed by atoms with Crippen LogP contribution in [0.4, 0.5) is 0 Å². The monoisotopic (exact) mass is 366 g/mol. The van der Waals surface area contributed by atoms with E-state index in [1.807, 2.05) is 31.2 Å². The lowest BCUT2D eigenvalue weighted by molar-refractivity contribution is -0.132. The van der Waals surface area contributed by atoms with E-state index in [1.54, 1.807) is 4.90 Å². The van der Waals surface area contributed by atoms with Gasteiger partial charge in [-0.1, -0.05) is 12.1 Å². The summed E-state index contributed by atoms with van der Waals surface area (Å²) >= 11 is 1.35. The van der Waals surface area contributed by atoms with Gasteiger partial charge in [0.1, 0.15) is 5.75 Å². The zero-order valence-corrected chi connectivity index (χ0v) is 15.5. The number of rotatable bonds is 9. The molecule has 138 valence electrons. The lowest BCUT2D eigenvalue weighted by atomic mass is 10.2. The molecule has 0 saturated carbocycles. The molecule has 1 saturated heterocycles. The predicted molar refractivity (Wildman–Crippen MR) is 99.0 cm³/mol. The van der Waals surface area contributed by atoms with E-state index in [0.29, 0.717) is 51.0 Å². The van der Waals surface area contributed by atoms with Gasteiger partial charge < -0.3 is 19.7 Å². The first-order valence-electron chi connectivity index (χ1n) is 8.54. The molecule has 0 aliphatic carbocycles. The van der Waals surface area contributed by atoms with E-state index in [2.05, 4.69) is 5.32 Å². The predicted octanol–water partition coefficient (Wildman–Crippen LogP) is 1.47. The number of carbonyl (C=O) groups excluding carboxylic acids is 2. The molecular formula is C18H26N2O4S. The number of amides is 2. The van der Waals surface area contributed by atoms with Crippen molar-refractivity contribution in [2.24, 2.45) is 0 Å². The molecule has 25 heavy (non-hydrogen) atoms. The summed E-state index contributed by atoms with van der Waals surface area (Å²) in [4.78, 5) is 25.5. The molecule has 0 atom stereocenters. The summed E-state index contributed by atoms with van der Waals surface area (Å²) in [7, 11) is 0. The quantitative estimate of drug-likeness (QED) is 0.671. The SMILES string of the molecule is Cc1cccc(OCCCNC(=O)CSCC(=O)N2CCOCC2)c1. The summed E-state index contributed by atoms with van der Waals surface area (Å²) in [6.07, 6.45) is 0.747. The average Bonchev–Trinajstić information content (AvgIpc) is 2.62. The van der Waals surface area contributed by atoms with Crippen molar-refractivity contribution >= 4 is 23.6 Å². The summed E-state index contributed by atoms with van der Waals surface area (Å²) in [5.41, 5.74) is 1.16. The second-order valence-electron chi connectivity index (χ2n) is 5.85. The number of benzene rings is 1. The summed E-state index contributed by atoms with van der Waals surface area (Å²) in [5, 5.41) is 2.85. The van der Waals surface area contributed by atoms with Crippen molar-refractivity contribution in [3.05, 3.63) is 29.8 Å². The Balaban J connectivity index is 1.48. The van der Waals surface area contributed by atoms with Gasteiger partial charge in [0.25, 0.3) is 0 Å². The van der Waals surface area contributed by atoms with Crippen molar-refractivity contribution in [3.8, 4) is 5.75 Å². The molecule has 1 aliphatic heterocycles. The maximum atomic E-state index is 11.9. The fourth-order valence-corrected chi connectivity index (χ4v) is 3.13. The van der Waals surface area contributed by atoms with E-state index in [1.165, 1.54) is 11.8 Å². The standard InChI is InChI=1S/C18H26N2O4S/c1-15-4-2-5-16(12-15)24-9-3-6-19-17(21)13-25-14-18(22)20-7-10-23-11-8-20/h2,4-5,12H,3,6-11,13-14H2,1H3,(H,19,21). The van der Waals surface area contributed by atoms with E-state index in [9.17, 15) is 9.59 Å². The minimum atomic E-state index is -0.0460. The van der Waals surface area contributed by atoms with Crippen LogP contribution in [0.3, 0.4) is 0 Å². The van der Waals surface area contributed by atoms with E-state index in [4.69, 9.17) is 9.47 Å². The zero-order chi connectivity index (χ0) is 17.9. The highest BCUT2D eigenvalue weighted by Gasteiger charge is 2.16. The normalized spacial score (nSPS) is 14.2. The molecule has 1 aromatic rings. The molecule has 0 bridgehead atoms. The maximum Gasteiger partial charge on any atom is 0.232 e. The Morgan fingerprint density at radius 1 is 1.28 bits per heavy atom. The van der Waals surface area contributed by atoms with Crippen molar-refractivity contribution in [1.29, 1.82) is 0 Å². The summed E-state index contributed by atoms with van der Waals surface area (Å²) in [5.74, 6) is 1.52. The Hall–Kier alpha value is -1.73. The lowest BCUT2D eigenvalue weighted by Gasteiger charge is -2.26. The Morgan fingerprint density at radius 3 is 2.84 bits per heavy atom. The second-order valence-corrected chi connectivity index (χ2v) is 6.84. The van der Waals surface area contributed by atoms with Crippen LogP contribution in [-0.2, 0) is 14.3 Å². The first-order chi connectivity index (χ1) is 12.1. The number of carbonyl (C=O) groups is 2. The van der Waals surface area contributed by atoms with E-state index in [-0.39, 0.29) is 11.8 Å². The number of hydrogen-bond donors (Lipinski definition) is 1. The number of nitrogens with zero attached hydrogens (tertiary/aromatic N) is 1. The fraction of sp³-hybridized carbons (Fsp3) is 0.556. The van der Waals surface area contributed by atoms with Crippen LogP contribution >= 0.6 is 11.8 Å². The molecule has 1 aromatic carbocycles. The van der Waals surface area contributed by atoms with Gasteiger partial charge in [0.05, 0.1) is 31.3 Å². The van der Waals surface area contributed by atoms with E-state index in [0.717, 1.165) is 17.7 Å². The maximum absolute atomic E-state index is 11.9. The molecule has 0 unspecified atom stereocenters. The van der Waals surface area contributed by atoms with Gasteiger partial charge in [-0.25, -0.2) is 0 Å². The first-order valence-corrected chi connectivity index (χ1v) is 9.70. The highest BCUT2D eigenvalue weighted by atomic mass is 32.2. The molecule has 1 N–H and O–H groups in total. The largest absolute Gasteiger partial charge is 0.494 e.